The Balaban J connectivity index is 0.00000261. The van der Waals surface area contributed by atoms with Crippen LogP contribution in [0.15, 0.2) is 52.1 Å². The summed E-state index contributed by atoms with van der Waals surface area (Å²) < 4.78 is 43.8. The van der Waals surface area contributed by atoms with Gasteiger partial charge >= 0.3 is 6.18 Å². The fourth-order valence-corrected chi connectivity index (χ4v) is 2.63. The Labute approximate surface area is 173 Å². The monoisotopic (exact) mass is 493 g/mol. The maximum absolute atomic E-state index is 12.8. The lowest BCUT2D eigenvalue weighted by Crippen LogP contribution is -2.40. The Hall–Kier alpha value is -1.71. The Morgan fingerprint density at radius 1 is 1.26 bits per heavy atom. The lowest BCUT2D eigenvalue weighted by molar-refractivity contribution is -0.137. The van der Waals surface area contributed by atoms with Crippen molar-refractivity contribution in [1.29, 1.82) is 0 Å². The lowest BCUT2D eigenvalue weighted by Gasteiger charge is -2.12. The van der Waals surface area contributed by atoms with Crippen LogP contribution in [0, 0.1) is 5.92 Å². The van der Waals surface area contributed by atoms with Crippen molar-refractivity contribution < 1.29 is 17.6 Å². The molecule has 2 unspecified atom stereocenters. The highest BCUT2D eigenvalue weighted by Crippen LogP contribution is 2.30. The summed E-state index contributed by atoms with van der Waals surface area (Å²) >= 11 is 0. The number of halogens is 4. The molecule has 1 saturated carbocycles. The fraction of sp³-hybridized carbons (Fsp3) is 0.421. The summed E-state index contributed by atoms with van der Waals surface area (Å²) in [4.78, 5) is 4.45. The van der Waals surface area contributed by atoms with Crippen LogP contribution in [0.5, 0.6) is 0 Å². The van der Waals surface area contributed by atoms with E-state index in [1.807, 2.05) is 12.1 Å². The van der Waals surface area contributed by atoms with Crippen LogP contribution >= 0.6 is 24.0 Å². The van der Waals surface area contributed by atoms with Gasteiger partial charge in [0, 0.05) is 19.0 Å². The van der Waals surface area contributed by atoms with Crippen molar-refractivity contribution in [3.8, 4) is 0 Å². The fourth-order valence-electron chi connectivity index (χ4n) is 2.63. The van der Waals surface area contributed by atoms with Crippen LogP contribution in [0.3, 0.4) is 0 Å². The number of aliphatic imine (C=N–C) groups is 1. The van der Waals surface area contributed by atoms with E-state index < -0.39 is 11.7 Å². The van der Waals surface area contributed by atoms with Gasteiger partial charge in [0.25, 0.3) is 0 Å². The second kappa shape index (κ2) is 9.48. The number of nitrogens with zero attached hydrogens (tertiary/aromatic N) is 1. The first-order valence-electron chi connectivity index (χ1n) is 8.65. The molecule has 8 heteroatoms. The molecule has 1 heterocycles. The van der Waals surface area contributed by atoms with E-state index in [0.29, 0.717) is 36.4 Å². The van der Waals surface area contributed by atoms with Gasteiger partial charge in [0.15, 0.2) is 5.96 Å². The number of furan rings is 1. The Kier molecular flexibility index (Phi) is 7.58. The van der Waals surface area contributed by atoms with E-state index in [0.717, 1.165) is 24.3 Å². The first-order chi connectivity index (χ1) is 12.4. The standard InChI is InChI=1S/C19H22F3N3O.HI/c1-13-10-17(13)25-18(23-8-7-16-6-3-9-26-16)24-12-14-4-2-5-15(11-14)19(20,21)22;/h2-6,9,11,13,17H,7-8,10,12H2,1H3,(H2,23,24,25);1H. The molecule has 0 spiro atoms. The van der Waals surface area contributed by atoms with Gasteiger partial charge in [-0.2, -0.15) is 13.2 Å². The van der Waals surface area contributed by atoms with Gasteiger partial charge in [0.1, 0.15) is 5.76 Å². The Bertz CT molecular complexity index is 747. The van der Waals surface area contributed by atoms with E-state index in [9.17, 15) is 13.2 Å². The molecule has 4 nitrogen and oxygen atoms in total. The van der Waals surface area contributed by atoms with Gasteiger partial charge in [-0.15, -0.1) is 24.0 Å². The van der Waals surface area contributed by atoms with Gasteiger partial charge in [0.2, 0.25) is 0 Å². The largest absolute Gasteiger partial charge is 0.469 e. The maximum atomic E-state index is 12.8. The summed E-state index contributed by atoms with van der Waals surface area (Å²) in [7, 11) is 0. The van der Waals surface area contributed by atoms with Gasteiger partial charge in [0.05, 0.1) is 18.4 Å². The number of alkyl halides is 3. The molecule has 0 amide bonds. The molecule has 0 bridgehead atoms. The number of nitrogens with one attached hydrogen (secondary N) is 2. The molecule has 3 rings (SSSR count). The topological polar surface area (TPSA) is 49.6 Å². The molecule has 1 aliphatic carbocycles. The highest BCUT2D eigenvalue weighted by Gasteiger charge is 2.33. The number of hydrogen-bond donors (Lipinski definition) is 2. The zero-order valence-corrected chi connectivity index (χ0v) is 17.3. The molecule has 0 radical (unpaired) electrons. The molecule has 0 saturated heterocycles. The number of benzene rings is 1. The average Bonchev–Trinajstić information content (AvgIpc) is 3.07. The number of guanidine groups is 1. The summed E-state index contributed by atoms with van der Waals surface area (Å²) in [5, 5.41) is 6.54. The highest BCUT2D eigenvalue weighted by atomic mass is 127. The smallest absolute Gasteiger partial charge is 0.416 e. The molecule has 1 aromatic carbocycles. The van der Waals surface area contributed by atoms with Crippen LogP contribution < -0.4 is 10.6 Å². The van der Waals surface area contributed by atoms with Crippen LogP contribution in [0.4, 0.5) is 13.2 Å². The van der Waals surface area contributed by atoms with Gasteiger partial charge in [-0.1, -0.05) is 19.1 Å². The van der Waals surface area contributed by atoms with Crippen molar-refractivity contribution >= 4 is 29.9 Å². The molecular weight excluding hydrogens is 470 g/mol. The van der Waals surface area contributed by atoms with Crippen molar-refractivity contribution in [1.82, 2.24) is 10.6 Å². The summed E-state index contributed by atoms with van der Waals surface area (Å²) in [5.74, 6) is 2.07. The van der Waals surface area contributed by atoms with E-state index in [4.69, 9.17) is 4.42 Å². The Morgan fingerprint density at radius 3 is 2.67 bits per heavy atom. The van der Waals surface area contributed by atoms with Gasteiger partial charge < -0.3 is 15.1 Å². The normalized spacial score (nSPS) is 19.3. The maximum Gasteiger partial charge on any atom is 0.416 e. The van der Waals surface area contributed by atoms with Crippen molar-refractivity contribution in [3.63, 3.8) is 0 Å². The number of rotatable bonds is 6. The summed E-state index contributed by atoms with van der Waals surface area (Å²) in [6.45, 7) is 2.95. The summed E-state index contributed by atoms with van der Waals surface area (Å²) in [6, 6.07) is 9.38. The number of hydrogen-bond acceptors (Lipinski definition) is 2. The predicted molar refractivity (Wildman–Crippen MR) is 109 cm³/mol. The van der Waals surface area contributed by atoms with E-state index >= 15 is 0 Å². The molecule has 27 heavy (non-hydrogen) atoms. The summed E-state index contributed by atoms with van der Waals surface area (Å²) in [6.07, 6.45) is -0.937. The van der Waals surface area contributed by atoms with Crippen molar-refractivity contribution in [2.45, 2.75) is 38.5 Å². The minimum Gasteiger partial charge on any atom is -0.469 e. The molecule has 1 fully saturated rings. The zero-order valence-electron chi connectivity index (χ0n) is 14.9. The molecule has 2 aromatic rings. The second-order valence-electron chi connectivity index (χ2n) is 6.58. The van der Waals surface area contributed by atoms with E-state index in [1.54, 1.807) is 12.3 Å². The minimum absolute atomic E-state index is 0. The molecule has 1 aliphatic rings. The quantitative estimate of drug-likeness (QED) is 0.352. The van der Waals surface area contributed by atoms with Crippen LogP contribution in [-0.2, 0) is 19.1 Å². The predicted octanol–water partition coefficient (Wildman–Crippen LogP) is 4.60. The van der Waals surface area contributed by atoms with Gasteiger partial charge in [-0.25, -0.2) is 4.99 Å². The summed E-state index contributed by atoms with van der Waals surface area (Å²) in [5.41, 5.74) is -0.128. The molecule has 0 aliphatic heterocycles. The lowest BCUT2D eigenvalue weighted by atomic mass is 10.1. The molecule has 1 aromatic heterocycles. The first-order valence-corrected chi connectivity index (χ1v) is 8.65. The van der Waals surface area contributed by atoms with Gasteiger partial charge in [-0.3, -0.25) is 0 Å². The SMILES string of the molecule is CC1CC1NC(=NCc1cccc(C(F)(F)F)c1)NCCc1ccco1.I. The van der Waals surface area contributed by atoms with E-state index in [2.05, 4.69) is 22.5 Å². The van der Waals surface area contributed by atoms with Crippen molar-refractivity contribution in [2.24, 2.45) is 10.9 Å². The molecule has 2 atom stereocenters. The van der Waals surface area contributed by atoms with Crippen LogP contribution in [0.2, 0.25) is 0 Å². The average molecular weight is 493 g/mol. The highest BCUT2D eigenvalue weighted by molar-refractivity contribution is 14.0. The third kappa shape index (κ3) is 6.75. The van der Waals surface area contributed by atoms with Crippen LogP contribution in [-0.4, -0.2) is 18.5 Å². The van der Waals surface area contributed by atoms with E-state index in [-0.39, 0.29) is 30.5 Å². The molecule has 2 N–H and O–H groups in total. The van der Waals surface area contributed by atoms with Crippen molar-refractivity contribution in [2.75, 3.05) is 6.54 Å². The van der Waals surface area contributed by atoms with E-state index in [1.165, 1.54) is 6.07 Å². The van der Waals surface area contributed by atoms with Crippen LogP contribution in [0.25, 0.3) is 0 Å². The second-order valence-corrected chi connectivity index (χ2v) is 6.58. The first kappa shape index (κ1) is 21.6. The van der Waals surface area contributed by atoms with Gasteiger partial charge in [-0.05, 0) is 42.2 Å². The molecular formula is C19H23F3IN3O. The third-order valence-electron chi connectivity index (χ3n) is 4.35. The molecule has 148 valence electrons. The Morgan fingerprint density at radius 2 is 2.04 bits per heavy atom. The van der Waals surface area contributed by atoms with Crippen LogP contribution in [0.1, 0.15) is 30.2 Å². The van der Waals surface area contributed by atoms with Crippen molar-refractivity contribution in [3.05, 3.63) is 59.5 Å². The zero-order chi connectivity index (χ0) is 18.6. The third-order valence-corrected chi connectivity index (χ3v) is 4.35. The minimum atomic E-state index is -4.34.